The fourth-order valence-corrected chi connectivity index (χ4v) is 3.10. The van der Waals surface area contributed by atoms with Crippen molar-refractivity contribution in [1.29, 1.82) is 0 Å². The zero-order valence-corrected chi connectivity index (χ0v) is 17.2. The van der Waals surface area contributed by atoms with E-state index >= 15 is 0 Å². The fourth-order valence-electron chi connectivity index (χ4n) is 3.10. The zero-order chi connectivity index (χ0) is 20.7. The number of rotatable bonds is 8. The first-order valence-corrected chi connectivity index (χ1v) is 9.35. The quantitative estimate of drug-likeness (QED) is 0.751. The molecule has 28 heavy (non-hydrogen) atoms. The average Bonchev–Trinajstić information content (AvgIpc) is 2.71. The molecule has 0 atom stereocenters. The van der Waals surface area contributed by atoms with Crippen LogP contribution < -0.4 is 19.7 Å². The van der Waals surface area contributed by atoms with Gasteiger partial charge in [-0.05, 0) is 36.1 Å². The molecule has 2 rings (SSSR count). The predicted molar refractivity (Wildman–Crippen MR) is 111 cm³/mol. The molecule has 0 aliphatic heterocycles. The van der Waals surface area contributed by atoms with Crippen molar-refractivity contribution in [2.24, 2.45) is 0 Å². The van der Waals surface area contributed by atoms with Crippen LogP contribution >= 0.6 is 0 Å². The number of carbonyl (C=O) groups is 2. The van der Waals surface area contributed by atoms with Crippen molar-refractivity contribution in [2.45, 2.75) is 33.6 Å². The van der Waals surface area contributed by atoms with Crippen molar-refractivity contribution < 1.29 is 19.1 Å². The van der Waals surface area contributed by atoms with Gasteiger partial charge in [-0.3, -0.25) is 9.59 Å². The number of benzene rings is 2. The highest BCUT2D eigenvalue weighted by Gasteiger charge is 2.19. The molecule has 0 aromatic heterocycles. The summed E-state index contributed by atoms with van der Waals surface area (Å²) in [5, 5.41) is 3.00. The largest absolute Gasteiger partial charge is 0.493 e. The van der Waals surface area contributed by atoms with Crippen LogP contribution in [-0.2, 0) is 22.4 Å². The highest BCUT2D eigenvalue weighted by atomic mass is 16.5. The highest BCUT2D eigenvalue weighted by Crippen LogP contribution is 2.31. The number of nitrogens with zero attached hydrogens (tertiary/aromatic N) is 1. The van der Waals surface area contributed by atoms with E-state index in [-0.39, 0.29) is 18.4 Å². The molecule has 0 unspecified atom stereocenters. The molecule has 6 nitrogen and oxygen atoms in total. The van der Waals surface area contributed by atoms with Crippen LogP contribution in [0.2, 0.25) is 0 Å². The molecule has 0 heterocycles. The van der Waals surface area contributed by atoms with Crippen molar-refractivity contribution in [2.75, 3.05) is 31.0 Å². The maximum absolute atomic E-state index is 12.8. The molecule has 2 aromatic rings. The Morgan fingerprint density at radius 2 is 1.57 bits per heavy atom. The van der Waals surface area contributed by atoms with Gasteiger partial charge in [-0.1, -0.05) is 32.0 Å². The van der Waals surface area contributed by atoms with Crippen molar-refractivity contribution in [3.63, 3.8) is 0 Å². The van der Waals surface area contributed by atoms with Gasteiger partial charge < -0.3 is 19.7 Å². The Balaban J connectivity index is 2.26. The number of hydrogen-bond acceptors (Lipinski definition) is 4. The van der Waals surface area contributed by atoms with Gasteiger partial charge in [-0.2, -0.15) is 0 Å². The van der Waals surface area contributed by atoms with Gasteiger partial charge in [0, 0.05) is 24.4 Å². The van der Waals surface area contributed by atoms with Crippen molar-refractivity contribution in [1.82, 2.24) is 0 Å². The third kappa shape index (κ3) is 4.82. The second-order valence-electron chi connectivity index (χ2n) is 6.35. The molecule has 1 N–H and O–H groups in total. The number of para-hydroxylation sites is 1. The van der Waals surface area contributed by atoms with Gasteiger partial charge in [0.15, 0.2) is 11.5 Å². The summed E-state index contributed by atoms with van der Waals surface area (Å²) in [6.45, 7) is 5.44. The normalized spacial score (nSPS) is 10.3. The van der Waals surface area contributed by atoms with Crippen LogP contribution in [0.5, 0.6) is 11.5 Å². The summed E-state index contributed by atoms with van der Waals surface area (Å²) >= 11 is 0. The minimum absolute atomic E-state index is 0.0913. The van der Waals surface area contributed by atoms with Gasteiger partial charge in [0.2, 0.25) is 11.8 Å². The summed E-state index contributed by atoms with van der Waals surface area (Å²) in [6, 6.07) is 11.1. The van der Waals surface area contributed by atoms with E-state index in [1.807, 2.05) is 18.2 Å². The number of aryl methyl sites for hydroxylation is 2. The number of anilines is 2. The number of ether oxygens (including phenoxy) is 2. The number of carbonyl (C=O) groups excluding carboxylic acids is 2. The molecule has 0 bridgehead atoms. The molecular formula is C22H28N2O4. The first-order valence-electron chi connectivity index (χ1n) is 9.35. The van der Waals surface area contributed by atoms with Gasteiger partial charge in [-0.25, -0.2) is 0 Å². The molecule has 150 valence electrons. The van der Waals surface area contributed by atoms with E-state index in [9.17, 15) is 9.59 Å². The standard InChI is InChI=1S/C22H28N2O4/c1-6-16-9-8-10-17(7-2)22(16)23-21(26)14-24(15(3)25)18-11-12-19(27-4)20(13-18)28-5/h8-13H,6-7,14H2,1-5H3,(H,23,26). The lowest BCUT2D eigenvalue weighted by Gasteiger charge is -2.23. The molecule has 0 spiro atoms. The predicted octanol–water partition coefficient (Wildman–Crippen LogP) is 3.82. The number of amides is 2. The van der Waals surface area contributed by atoms with Gasteiger partial charge in [0.1, 0.15) is 6.54 Å². The Kier molecular flexibility index (Phi) is 7.44. The Bertz CT molecular complexity index is 826. The summed E-state index contributed by atoms with van der Waals surface area (Å²) in [7, 11) is 3.07. The zero-order valence-electron chi connectivity index (χ0n) is 17.2. The smallest absolute Gasteiger partial charge is 0.244 e. The van der Waals surface area contributed by atoms with Crippen LogP contribution in [0.25, 0.3) is 0 Å². The molecule has 2 aromatic carbocycles. The van der Waals surface area contributed by atoms with Gasteiger partial charge in [0.05, 0.1) is 14.2 Å². The monoisotopic (exact) mass is 384 g/mol. The second kappa shape index (κ2) is 9.78. The Labute approximate surface area is 166 Å². The molecule has 0 radical (unpaired) electrons. The van der Waals surface area contributed by atoms with E-state index in [0.29, 0.717) is 17.2 Å². The molecule has 6 heteroatoms. The highest BCUT2D eigenvalue weighted by molar-refractivity contribution is 6.02. The Morgan fingerprint density at radius 3 is 2.07 bits per heavy atom. The maximum Gasteiger partial charge on any atom is 0.244 e. The summed E-state index contributed by atoms with van der Waals surface area (Å²) in [5.74, 6) is 0.572. The van der Waals surface area contributed by atoms with E-state index in [4.69, 9.17) is 9.47 Å². The van der Waals surface area contributed by atoms with Crippen LogP contribution in [0.3, 0.4) is 0 Å². The van der Waals surface area contributed by atoms with E-state index in [0.717, 1.165) is 29.7 Å². The molecule has 0 aliphatic carbocycles. The van der Waals surface area contributed by atoms with Crippen LogP contribution in [0.1, 0.15) is 31.9 Å². The van der Waals surface area contributed by atoms with Crippen molar-refractivity contribution >= 4 is 23.2 Å². The maximum atomic E-state index is 12.8. The van der Waals surface area contributed by atoms with Crippen molar-refractivity contribution in [3.05, 3.63) is 47.5 Å². The van der Waals surface area contributed by atoms with E-state index in [1.54, 1.807) is 25.3 Å². The minimum atomic E-state index is -0.249. The lowest BCUT2D eigenvalue weighted by Crippen LogP contribution is -2.37. The van der Waals surface area contributed by atoms with Crippen LogP contribution in [0.15, 0.2) is 36.4 Å². The second-order valence-corrected chi connectivity index (χ2v) is 6.35. The molecule has 0 fully saturated rings. The SMILES string of the molecule is CCc1cccc(CC)c1NC(=O)CN(C(C)=O)c1ccc(OC)c(OC)c1. The summed E-state index contributed by atoms with van der Waals surface area (Å²) < 4.78 is 10.5. The average molecular weight is 384 g/mol. The van der Waals surface area contributed by atoms with Gasteiger partial charge >= 0.3 is 0 Å². The molecule has 2 amide bonds. The van der Waals surface area contributed by atoms with E-state index in [1.165, 1.54) is 18.9 Å². The summed E-state index contributed by atoms with van der Waals surface area (Å²) in [4.78, 5) is 26.4. The summed E-state index contributed by atoms with van der Waals surface area (Å²) in [5.41, 5.74) is 3.56. The van der Waals surface area contributed by atoms with Crippen LogP contribution in [0.4, 0.5) is 11.4 Å². The lowest BCUT2D eigenvalue weighted by atomic mass is 10.0. The topological polar surface area (TPSA) is 67.9 Å². The molecule has 0 saturated carbocycles. The number of nitrogens with one attached hydrogen (secondary N) is 1. The van der Waals surface area contributed by atoms with Crippen LogP contribution in [0, 0.1) is 0 Å². The van der Waals surface area contributed by atoms with Crippen molar-refractivity contribution in [3.8, 4) is 11.5 Å². The number of methoxy groups -OCH3 is 2. The Morgan fingerprint density at radius 1 is 0.964 bits per heavy atom. The Hall–Kier alpha value is -3.02. The van der Waals surface area contributed by atoms with E-state index in [2.05, 4.69) is 19.2 Å². The minimum Gasteiger partial charge on any atom is -0.493 e. The molecule has 0 aliphatic rings. The van der Waals surface area contributed by atoms with Gasteiger partial charge in [-0.15, -0.1) is 0 Å². The molecular weight excluding hydrogens is 356 g/mol. The third-order valence-corrected chi connectivity index (χ3v) is 4.62. The fraction of sp³-hybridized carbons (Fsp3) is 0.364. The third-order valence-electron chi connectivity index (χ3n) is 4.62. The van der Waals surface area contributed by atoms with Gasteiger partial charge in [0.25, 0.3) is 0 Å². The van der Waals surface area contributed by atoms with E-state index < -0.39 is 0 Å². The number of hydrogen-bond donors (Lipinski definition) is 1. The first kappa shape index (κ1) is 21.3. The first-order chi connectivity index (χ1) is 13.4. The van der Waals surface area contributed by atoms with Crippen LogP contribution in [-0.4, -0.2) is 32.6 Å². The molecule has 0 saturated heterocycles. The summed E-state index contributed by atoms with van der Waals surface area (Å²) in [6.07, 6.45) is 1.63. The lowest BCUT2D eigenvalue weighted by molar-refractivity contribution is -0.120.